The summed E-state index contributed by atoms with van der Waals surface area (Å²) in [5.41, 5.74) is 6.07. The molecule has 1 atom stereocenters. The molecule has 0 aromatic heterocycles. The highest BCUT2D eigenvalue weighted by Crippen LogP contribution is 2.12. The van der Waals surface area contributed by atoms with Gasteiger partial charge in [0.1, 0.15) is 5.82 Å². The standard InChI is InChI=1S/C17H23FN2O/c1-12(2)6-7-13(3)20-17(21)16-9-8-15(18)11-14(16)5-4-10-19/h8-9,11-13H,6-7,10,19H2,1-3H3,(H,20,21). The molecule has 4 heteroatoms. The van der Waals surface area contributed by atoms with Gasteiger partial charge < -0.3 is 11.1 Å². The Kier molecular flexibility index (Phi) is 6.90. The van der Waals surface area contributed by atoms with E-state index in [2.05, 4.69) is 31.0 Å². The topological polar surface area (TPSA) is 55.1 Å². The average Bonchev–Trinajstić information content (AvgIpc) is 2.42. The van der Waals surface area contributed by atoms with Crippen LogP contribution in [0.15, 0.2) is 18.2 Å². The first-order chi connectivity index (χ1) is 9.93. The van der Waals surface area contributed by atoms with Crippen molar-refractivity contribution in [3.05, 3.63) is 35.1 Å². The monoisotopic (exact) mass is 290 g/mol. The van der Waals surface area contributed by atoms with Crippen molar-refractivity contribution < 1.29 is 9.18 Å². The smallest absolute Gasteiger partial charge is 0.252 e. The van der Waals surface area contributed by atoms with Crippen molar-refractivity contribution in [3.63, 3.8) is 0 Å². The normalized spacial score (nSPS) is 11.7. The van der Waals surface area contributed by atoms with Gasteiger partial charge in [0, 0.05) is 11.6 Å². The second-order valence-electron chi connectivity index (χ2n) is 5.54. The minimum Gasteiger partial charge on any atom is -0.350 e. The third kappa shape index (κ3) is 5.97. The Bertz CT molecular complexity index is 543. The maximum atomic E-state index is 13.3. The number of halogens is 1. The number of nitrogens with two attached hydrogens (primary N) is 1. The van der Waals surface area contributed by atoms with Gasteiger partial charge in [0.25, 0.3) is 5.91 Å². The van der Waals surface area contributed by atoms with Crippen LogP contribution in [0.1, 0.15) is 49.5 Å². The first kappa shape index (κ1) is 17.2. The molecule has 0 radical (unpaired) electrons. The van der Waals surface area contributed by atoms with Crippen LogP contribution in [0.4, 0.5) is 4.39 Å². The molecule has 0 spiro atoms. The Hall–Kier alpha value is -1.86. The van der Waals surface area contributed by atoms with Gasteiger partial charge in [-0.05, 0) is 43.9 Å². The molecule has 0 aliphatic carbocycles. The van der Waals surface area contributed by atoms with E-state index in [1.165, 1.54) is 18.2 Å². The van der Waals surface area contributed by atoms with E-state index in [0.29, 0.717) is 17.0 Å². The molecule has 1 unspecified atom stereocenters. The molecule has 0 aliphatic rings. The molecular weight excluding hydrogens is 267 g/mol. The quantitative estimate of drug-likeness (QED) is 0.819. The number of nitrogens with one attached hydrogen (secondary N) is 1. The molecule has 21 heavy (non-hydrogen) atoms. The summed E-state index contributed by atoms with van der Waals surface area (Å²) in [6, 6.07) is 4.05. The molecule has 0 saturated carbocycles. The highest BCUT2D eigenvalue weighted by Gasteiger charge is 2.14. The van der Waals surface area contributed by atoms with E-state index in [-0.39, 0.29) is 18.5 Å². The molecule has 3 nitrogen and oxygen atoms in total. The van der Waals surface area contributed by atoms with E-state index >= 15 is 0 Å². The highest BCUT2D eigenvalue weighted by atomic mass is 19.1. The maximum Gasteiger partial charge on any atom is 0.252 e. The van der Waals surface area contributed by atoms with Crippen LogP contribution in [0, 0.1) is 23.6 Å². The van der Waals surface area contributed by atoms with Crippen molar-refractivity contribution in [2.75, 3.05) is 6.54 Å². The molecule has 1 amide bonds. The molecule has 0 aliphatic heterocycles. The molecule has 3 N–H and O–H groups in total. The lowest BCUT2D eigenvalue weighted by molar-refractivity contribution is 0.0937. The van der Waals surface area contributed by atoms with Gasteiger partial charge in [0.2, 0.25) is 0 Å². The fourth-order valence-electron chi connectivity index (χ4n) is 1.92. The summed E-state index contributed by atoms with van der Waals surface area (Å²) < 4.78 is 13.3. The van der Waals surface area contributed by atoms with Crippen molar-refractivity contribution in [2.45, 2.75) is 39.7 Å². The van der Waals surface area contributed by atoms with Gasteiger partial charge >= 0.3 is 0 Å². The number of amides is 1. The first-order valence-corrected chi connectivity index (χ1v) is 7.23. The zero-order chi connectivity index (χ0) is 15.8. The van der Waals surface area contributed by atoms with Gasteiger partial charge in [-0.2, -0.15) is 0 Å². The molecule has 1 rings (SSSR count). The minimum absolute atomic E-state index is 0.0697. The largest absolute Gasteiger partial charge is 0.350 e. The SMILES string of the molecule is CC(C)CCC(C)NC(=O)c1ccc(F)cc1C#CCN. The lowest BCUT2D eigenvalue weighted by Gasteiger charge is -2.15. The highest BCUT2D eigenvalue weighted by molar-refractivity contribution is 5.96. The van der Waals surface area contributed by atoms with Gasteiger partial charge in [-0.3, -0.25) is 4.79 Å². The number of rotatable bonds is 5. The lowest BCUT2D eigenvalue weighted by Crippen LogP contribution is -2.33. The zero-order valence-corrected chi connectivity index (χ0v) is 12.9. The van der Waals surface area contributed by atoms with E-state index < -0.39 is 5.82 Å². The van der Waals surface area contributed by atoms with E-state index in [0.717, 1.165) is 12.8 Å². The van der Waals surface area contributed by atoms with Crippen LogP contribution in [0.3, 0.4) is 0 Å². The zero-order valence-electron chi connectivity index (χ0n) is 12.9. The van der Waals surface area contributed by atoms with Crippen molar-refractivity contribution in [3.8, 4) is 11.8 Å². The molecular formula is C17H23FN2O. The van der Waals surface area contributed by atoms with Crippen LogP contribution in [0.25, 0.3) is 0 Å². The summed E-state index contributed by atoms with van der Waals surface area (Å²) in [4.78, 5) is 12.3. The number of carbonyl (C=O) groups excluding carboxylic acids is 1. The lowest BCUT2D eigenvalue weighted by atomic mass is 10.0. The summed E-state index contributed by atoms with van der Waals surface area (Å²) in [7, 11) is 0. The Balaban J connectivity index is 2.82. The van der Waals surface area contributed by atoms with Crippen LogP contribution in [-0.2, 0) is 0 Å². The van der Waals surface area contributed by atoms with Gasteiger partial charge in [0.05, 0.1) is 12.1 Å². The summed E-state index contributed by atoms with van der Waals surface area (Å²) in [5, 5.41) is 2.93. The fraction of sp³-hybridized carbons (Fsp3) is 0.471. The third-order valence-corrected chi connectivity index (χ3v) is 3.11. The molecule has 114 valence electrons. The first-order valence-electron chi connectivity index (χ1n) is 7.23. The second-order valence-corrected chi connectivity index (χ2v) is 5.54. The van der Waals surface area contributed by atoms with E-state index in [9.17, 15) is 9.18 Å². The molecule has 1 aromatic carbocycles. The van der Waals surface area contributed by atoms with Crippen LogP contribution >= 0.6 is 0 Å². The average molecular weight is 290 g/mol. The van der Waals surface area contributed by atoms with E-state index in [1.807, 2.05) is 6.92 Å². The Morgan fingerprint density at radius 3 is 2.67 bits per heavy atom. The number of benzene rings is 1. The molecule has 0 bridgehead atoms. The summed E-state index contributed by atoms with van der Waals surface area (Å²) >= 11 is 0. The summed E-state index contributed by atoms with van der Waals surface area (Å²) in [6.45, 7) is 6.43. The number of hydrogen-bond donors (Lipinski definition) is 2. The summed E-state index contributed by atoms with van der Waals surface area (Å²) in [5.74, 6) is 5.35. The number of carbonyl (C=O) groups is 1. The van der Waals surface area contributed by atoms with Crippen molar-refractivity contribution in [2.24, 2.45) is 11.7 Å². The van der Waals surface area contributed by atoms with E-state index in [1.54, 1.807) is 0 Å². The van der Waals surface area contributed by atoms with Crippen LogP contribution in [0.5, 0.6) is 0 Å². The minimum atomic E-state index is -0.416. The van der Waals surface area contributed by atoms with Gasteiger partial charge in [-0.1, -0.05) is 25.7 Å². The van der Waals surface area contributed by atoms with Crippen molar-refractivity contribution in [1.29, 1.82) is 0 Å². The summed E-state index contributed by atoms with van der Waals surface area (Å²) in [6.07, 6.45) is 1.96. The fourth-order valence-corrected chi connectivity index (χ4v) is 1.92. The van der Waals surface area contributed by atoms with Crippen LogP contribution < -0.4 is 11.1 Å². The second kappa shape index (κ2) is 8.43. The predicted molar refractivity (Wildman–Crippen MR) is 83.3 cm³/mol. The van der Waals surface area contributed by atoms with Gasteiger partial charge in [-0.25, -0.2) is 4.39 Å². The van der Waals surface area contributed by atoms with Crippen molar-refractivity contribution >= 4 is 5.91 Å². The Morgan fingerprint density at radius 2 is 2.05 bits per heavy atom. The molecule has 0 saturated heterocycles. The van der Waals surface area contributed by atoms with Crippen molar-refractivity contribution in [1.82, 2.24) is 5.32 Å². The van der Waals surface area contributed by atoms with Gasteiger partial charge in [-0.15, -0.1) is 0 Å². The van der Waals surface area contributed by atoms with Crippen LogP contribution in [-0.4, -0.2) is 18.5 Å². The molecule has 1 aromatic rings. The van der Waals surface area contributed by atoms with Crippen LogP contribution in [0.2, 0.25) is 0 Å². The maximum absolute atomic E-state index is 13.3. The van der Waals surface area contributed by atoms with E-state index in [4.69, 9.17) is 5.73 Å². The Labute approximate surface area is 126 Å². The predicted octanol–water partition coefficient (Wildman–Crippen LogP) is 2.69. The Morgan fingerprint density at radius 1 is 1.33 bits per heavy atom. The third-order valence-electron chi connectivity index (χ3n) is 3.11. The van der Waals surface area contributed by atoms with Gasteiger partial charge in [0.15, 0.2) is 0 Å². The number of hydrogen-bond acceptors (Lipinski definition) is 2. The molecule has 0 heterocycles. The molecule has 0 fully saturated rings.